The summed E-state index contributed by atoms with van der Waals surface area (Å²) in [6, 6.07) is 23.6. The van der Waals surface area contributed by atoms with Crippen molar-refractivity contribution in [1.29, 1.82) is 0 Å². The van der Waals surface area contributed by atoms with Crippen LogP contribution in [0.5, 0.6) is 0 Å². The van der Waals surface area contributed by atoms with Crippen LogP contribution in [0.4, 0.5) is 4.79 Å². The molecule has 3 aromatic rings. The van der Waals surface area contributed by atoms with Crippen LogP contribution in [0, 0.1) is 0 Å². The summed E-state index contributed by atoms with van der Waals surface area (Å²) in [5.41, 5.74) is 1.60. The van der Waals surface area contributed by atoms with Gasteiger partial charge in [0.25, 0.3) is 11.8 Å². The second kappa shape index (κ2) is 9.89. The van der Waals surface area contributed by atoms with E-state index in [1.165, 1.54) is 4.90 Å². The van der Waals surface area contributed by atoms with Gasteiger partial charge in [0, 0.05) is 12.6 Å². The molecule has 0 spiro atoms. The zero-order chi connectivity index (χ0) is 24.2. The lowest BCUT2D eigenvalue weighted by atomic mass is 9.97. The second-order valence-corrected chi connectivity index (χ2v) is 8.37. The number of nitrogens with one attached hydrogen (secondary N) is 1. The first kappa shape index (κ1) is 23.2. The van der Waals surface area contributed by atoms with Crippen LogP contribution in [0.1, 0.15) is 40.6 Å². The molecule has 2 N–H and O–H groups in total. The molecule has 1 heterocycles. The van der Waals surface area contributed by atoms with Crippen LogP contribution in [0.15, 0.2) is 91.0 Å². The standard InChI is InChI=1S/C27H27N3O4/c1-18-23(19-12-6-3-7-13-19)30(27(34)29(18)2)26(33)22(24(31)20-14-8-4-9-15-20)28-25(32)21-16-10-5-11-17-21/h3-18,22-24,31H,1-2H3,(H,28,32)/t18-,22-,23-,24+/m0/s1. The first-order chi connectivity index (χ1) is 16.4. The molecule has 1 saturated heterocycles. The molecule has 0 aromatic heterocycles. The summed E-state index contributed by atoms with van der Waals surface area (Å²) in [7, 11) is 1.64. The molecule has 34 heavy (non-hydrogen) atoms. The number of rotatable bonds is 6. The van der Waals surface area contributed by atoms with Crippen LogP contribution in [0.2, 0.25) is 0 Å². The number of benzene rings is 3. The maximum atomic E-state index is 13.9. The fraction of sp³-hybridized carbons (Fsp3) is 0.222. The van der Waals surface area contributed by atoms with E-state index in [1.54, 1.807) is 67.7 Å². The Balaban J connectivity index is 1.72. The number of carbonyl (C=O) groups excluding carboxylic acids is 3. The van der Waals surface area contributed by atoms with Crippen molar-refractivity contribution in [1.82, 2.24) is 15.1 Å². The average molecular weight is 458 g/mol. The van der Waals surface area contributed by atoms with E-state index in [9.17, 15) is 19.5 Å². The number of nitrogens with zero attached hydrogens (tertiary/aromatic N) is 2. The first-order valence-electron chi connectivity index (χ1n) is 11.1. The van der Waals surface area contributed by atoms with Crippen molar-refractivity contribution in [3.8, 4) is 0 Å². The third-order valence-corrected chi connectivity index (χ3v) is 6.28. The van der Waals surface area contributed by atoms with Gasteiger partial charge in [0.05, 0.1) is 12.1 Å². The van der Waals surface area contributed by atoms with E-state index < -0.39 is 36.0 Å². The van der Waals surface area contributed by atoms with E-state index >= 15 is 0 Å². The summed E-state index contributed by atoms with van der Waals surface area (Å²) in [4.78, 5) is 42.8. The van der Waals surface area contributed by atoms with Gasteiger partial charge in [-0.05, 0) is 30.2 Å². The quantitative estimate of drug-likeness (QED) is 0.593. The Morgan fingerprint density at radius 3 is 2.00 bits per heavy atom. The van der Waals surface area contributed by atoms with Gasteiger partial charge in [0.2, 0.25) is 0 Å². The minimum absolute atomic E-state index is 0.293. The number of aliphatic hydroxyl groups excluding tert-OH is 1. The first-order valence-corrected chi connectivity index (χ1v) is 11.1. The lowest BCUT2D eigenvalue weighted by Crippen LogP contribution is -2.53. The molecule has 174 valence electrons. The highest BCUT2D eigenvalue weighted by atomic mass is 16.3. The molecule has 0 aliphatic carbocycles. The molecule has 4 atom stereocenters. The molecule has 4 rings (SSSR count). The second-order valence-electron chi connectivity index (χ2n) is 8.37. The SMILES string of the molecule is C[C@H]1[C@@H](c2ccccc2)N(C(=O)[C@@H](NC(=O)c2ccccc2)[C@H](O)c2ccccc2)C(=O)N1C. The number of hydrogen-bond acceptors (Lipinski definition) is 4. The number of likely N-dealkylation sites (N-methyl/N-ethyl adjacent to an activating group) is 1. The van der Waals surface area contributed by atoms with Crippen LogP contribution in [-0.2, 0) is 4.79 Å². The van der Waals surface area contributed by atoms with E-state index in [1.807, 2.05) is 37.3 Å². The molecule has 0 radical (unpaired) electrons. The van der Waals surface area contributed by atoms with E-state index in [4.69, 9.17) is 0 Å². The van der Waals surface area contributed by atoms with Gasteiger partial charge in [0.1, 0.15) is 12.1 Å². The third kappa shape index (κ3) is 4.43. The van der Waals surface area contributed by atoms with E-state index in [0.717, 1.165) is 10.5 Å². The van der Waals surface area contributed by atoms with Crippen LogP contribution in [-0.4, -0.2) is 51.9 Å². The number of aliphatic hydroxyl groups is 1. The minimum Gasteiger partial charge on any atom is -0.386 e. The summed E-state index contributed by atoms with van der Waals surface area (Å²) in [6.07, 6.45) is -1.35. The van der Waals surface area contributed by atoms with Gasteiger partial charge in [-0.15, -0.1) is 0 Å². The lowest BCUT2D eigenvalue weighted by molar-refractivity contribution is -0.134. The highest BCUT2D eigenvalue weighted by Gasteiger charge is 2.48. The Morgan fingerprint density at radius 2 is 1.41 bits per heavy atom. The van der Waals surface area contributed by atoms with Crippen molar-refractivity contribution in [2.45, 2.75) is 31.2 Å². The zero-order valence-corrected chi connectivity index (χ0v) is 19.0. The van der Waals surface area contributed by atoms with Crippen molar-refractivity contribution in [3.63, 3.8) is 0 Å². The summed E-state index contributed by atoms with van der Waals surface area (Å²) < 4.78 is 0. The Labute approximate surface area is 198 Å². The molecule has 1 fully saturated rings. The van der Waals surface area contributed by atoms with Gasteiger partial charge < -0.3 is 15.3 Å². The Morgan fingerprint density at radius 1 is 0.882 bits per heavy atom. The Kier molecular flexibility index (Phi) is 6.75. The summed E-state index contributed by atoms with van der Waals surface area (Å²) >= 11 is 0. The monoisotopic (exact) mass is 457 g/mol. The van der Waals surface area contributed by atoms with Gasteiger partial charge in [-0.3, -0.25) is 14.5 Å². The number of amides is 4. The van der Waals surface area contributed by atoms with Gasteiger partial charge in [0.15, 0.2) is 0 Å². The van der Waals surface area contributed by atoms with E-state index in [0.29, 0.717) is 11.1 Å². The fourth-order valence-electron chi connectivity index (χ4n) is 4.28. The number of hydrogen-bond donors (Lipinski definition) is 2. The van der Waals surface area contributed by atoms with E-state index in [2.05, 4.69) is 5.32 Å². The largest absolute Gasteiger partial charge is 0.386 e. The van der Waals surface area contributed by atoms with Crippen LogP contribution in [0.25, 0.3) is 0 Å². The smallest absolute Gasteiger partial charge is 0.327 e. The van der Waals surface area contributed by atoms with Crippen LogP contribution in [0.3, 0.4) is 0 Å². The lowest BCUT2D eigenvalue weighted by Gasteiger charge is -2.30. The molecule has 0 unspecified atom stereocenters. The highest BCUT2D eigenvalue weighted by molar-refractivity contribution is 6.03. The number of carbonyl (C=O) groups is 3. The Hall–Kier alpha value is -3.97. The third-order valence-electron chi connectivity index (χ3n) is 6.28. The van der Waals surface area contributed by atoms with Crippen LogP contribution >= 0.6 is 0 Å². The highest BCUT2D eigenvalue weighted by Crippen LogP contribution is 2.36. The minimum atomic E-state index is -1.37. The van der Waals surface area contributed by atoms with Crippen molar-refractivity contribution in [3.05, 3.63) is 108 Å². The van der Waals surface area contributed by atoms with Gasteiger partial charge >= 0.3 is 6.03 Å². The topological polar surface area (TPSA) is 90.0 Å². The molecule has 3 aromatic carbocycles. The van der Waals surface area contributed by atoms with Gasteiger partial charge in [-0.25, -0.2) is 4.79 Å². The van der Waals surface area contributed by atoms with E-state index in [-0.39, 0.29) is 6.04 Å². The summed E-state index contributed by atoms with van der Waals surface area (Å²) in [5.74, 6) is -1.19. The maximum Gasteiger partial charge on any atom is 0.327 e. The fourth-order valence-corrected chi connectivity index (χ4v) is 4.28. The average Bonchev–Trinajstić information content (AvgIpc) is 3.11. The van der Waals surface area contributed by atoms with Crippen molar-refractivity contribution in [2.24, 2.45) is 0 Å². The molecule has 0 bridgehead atoms. The van der Waals surface area contributed by atoms with Crippen molar-refractivity contribution >= 4 is 17.8 Å². The molecular weight excluding hydrogens is 430 g/mol. The number of urea groups is 1. The predicted molar refractivity (Wildman–Crippen MR) is 128 cm³/mol. The molecule has 4 amide bonds. The Bertz CT molecular complexity index is 1150. The molecule has 1 aliphatic rings. The van der Waals surface area contributed by atoms with Gasteiger partial charge in [-0.1, -0.05) is 78.9 Å². The molecular formula is C27H27N3O4. The van der Waals surface area contributed by atoms with Crippen molar-refractivity contribution in [2.75, 3.05) is 7.05 Å². The normalized spacial score (nSPS) is 19.6. The maximum absolute atomic E-state index is 13.9. The van der Waals surface area contributed by atoms with Crippen molar-refractivity contribution < 1.29 is 19.5 Å². The molecule has 0 saturated carbocycles. The molecule has 7 nitrogen and oxygen atoms in total. The molecule has 1 aliphatic heterocycles. The zero-order valence-electron chi connectivity index (χ0n) is 19.0. The van der Waals surface area contributed by atoms with Gasteiger partial charge in [-0.2, -0.15) is 0 Å². The predicted octanol–water partition coefficient (Wildman–Crippen LogP) is 3.54. The van der Waals surface area contributed by atoms with Crippen LogP contribution < -0.4 is 5.32 Å². The molecule has 7 heteroatoms. The summed E-state index contributed by atoms with van der Waals surface area (Å²) in [5, 5.41) is 13.9. The summed E-state index contributed by atoms with van der Waals surface area (Å²) in [6.45, 7) is 1.87. The number of imide groups is 1.